The first-order valence-corrected chi connectivity index (χ1v) is 9.84. The third kappa shape index (κ3) is 3.45. The average molecular weight is 390 g/mol. The van der Waals surface area contributed by atoms with Crippen LogP contribution in [-0.2, 0) is 18.3 Å². The summed E-state index contributed by atoms with van der Waals surface area (Å²) in [7, 11) is 2.09. The Bertz CT molecular complexity index is 1130. The van der Waals surface area contributed by atoms with Gasteiger partial charge in [0.25, 0.3) is 0 Å². The Morgan fingerprint density at radius 1 is 1.17 bits per heavy atom. The molecule has 2 aromatic heterocycles. The number of aryl methyl sites for hydroxylation is 1. The highest BCUT2D eigenvalue weighted by Crippen LogP contribution is 2.29. The van der Waals surface area contributed by atoms with Crippen LogP contribution in [0.3, 0.4) is 0 Å². The number of imidazole rings is 1. The molecule has 1 atom stereocenters. The summed E-state index contributed by atoms with van der Waals surface area (Å²) in [6, 6.07) is 15.0. The van der Waals surface area contributed by atoms with Crippen molar-refractivity contribution in [1.82, 2.24) is 19.4 Å². The number of aromatic amines is 1. The van der Waals surface area contributed by atoms with E-state index in [1.165, 1.54) is 28.6 Å². The number of para-hydroxylation sites is 1. The van der Waals surface area contributed by atoms with Crippen LogP contribution in [0.5, 0.6) is 0 Å². The van der Waals surface area contributed by atoms with E-state index in [9.17, 15) is 4.39 Å². The summed E-state index contributed by atoms with van der Waals surface area (Å²) >= 11 is 0. The van der Waals surface area contributed by atoms with Crippen molar-refractivity contribution >= 4 is 10.9 Å². The lowest BCUT2D eigenvalue weighted by Gasteiger charge is -2.34. The quantitative estimate of drug-likeness (QED) is 0.566. The van der Waals surface area contributed by atoms with Gasteiger partial charge in [-0.3, -0.25) is 4.90 Å². The molecule has 0 unspecified atom stereocenters. The second-order valence-electron chi connectivity index (χ2n) is 7.53. The molecular weight excluding hydrogens is 367 g/mol. The highest BCUT2D eigenvalue weighted by Gasteiger charge is 2.28. The maximum absolute atomic E-state index is 13.2. The zero-order valence-corrected chi connectivity index (χ0v) is 16.3. The number of nitrogens with zero attached hydrogens (tertiary/aromatic N) is 3. The van der Waals surface area contributed by atoms with E-state index in [4.69, 9.17) is 4.74 Å². The Morgan fingerprint density at radius 3 is 2.86 bits per heavy atom. The third-order valence-corrected chi connectivity index (χ3v) is 5.66. The fourth-order valence-electron chi connectivity index (χ4n) is 4.13. The van der Waals surface area contributed by atoms with Crippen molar-refractivity contribution in [3.63, 3.8) is 0 Å². The second-order valence-corrected chi connectivity index (χ2v) is 7.53. The van der Waals surface area contributed by atoms with Crippen LogP contribution in [0.4, 0.5) is 4.39 Å². The van der Waals surface area contributed by atoms with Gasteiger partial charge in [0, 0.05) is 37.2 Å². The van der Waals surface area contributed by atoms with Gasteiger partial charge in [-0.1, -0.05) is 18.2 Å². The standard InChI is InChI=1S/C23H23FN4O/c1-27-13-17(19-4-2-3-5-21(19)27)14-28-10-11-29-15-22(28)23-25-12-20(26-23)16-6-8-18(24)9-7-16/h2-9,12-13,22H,10-11,14-15H2,1H3,(H,25,26)/t22-/m0/s1. The number of hydrogen-bond acceptors (Lipinski definition) is 3. The fourth-order valence-corrected chi connectivity index (χ4v) is 4.13. The summed E-state index contributed by atoms with van der Waals surface area (Å²) < 4.78 is 21.2. The van der Waals surface area contributed by atoms with Crippen LogP contribution in [0.15, 0.2) is 60.9 Å². The molecule has 4 aromatic rings. The number of hydrogen-bond donors (Lipinski definition) is 1. The van der Waals surface area contributed by atoms with E-state index in [1.807, 2.05) is 6.20 Å². The Labute approximate surface area is 168 Å². The largest absolute Gasteiger partial charge is 0.378 e. The molecule has 1 saturated heterocycles. The lowest BCUT2D eigenvalue weighted by molar-refractivity contribution is -0.0154. The molecular formula is C23H23FN4O. The van der Waals surface area contributed by atoms with Crippen LogP contribution in [-0.4, -0.2) is 39.2 Å². The molecule has 29 heavy (non-hydrogen) atoms. The number of halogens is 1. The van der Waals surface area contributed by atoms with Crippen LogP contribution in [0.2, 0.25) is 0 Å². The van der Waals surface area contributed by atoms with Crippen molar-refractivity contribution in [1.29, 1.82) is 0 Å². The third-order valence-electron chi connectivity index (χ3n) is 5.66. The predicted molar refractivity (Wildman–Crippen MR) is 111 cm³/mol. The van der Waals surface area contributed by atoms with E-state index in [0.29, 0.717) is 13.2 Å². The van der Waals surface area contributed by atoms with E-state index in [1.54, 1.807) is 12.1 Å². The van der Waals surface area contributed by atoms with Gasteiger partial charge in [0.2, 0.25) is 0 Å². The number of benzene rings is 2. The lowest BCUT2D eigenvalue weighted by Crippen LogP contribution is -2.39. The Hall–Kier alpha value is -2.96. The molecule has 5 rings (SSSR count). The van der Waals surface area contributed by atoms with Crippen LogP contribution >= 0.6 is 0 Å². The number of nitrogens with one attached hydrogen (secondary N) is 1. The van der Waals surface area contributed by atoms with Gasteiger partial charge in [0.1, 0.15) is 11.6 Å². The van der Waals surface area contributed by atoms with E-state index < -0.39 is 0 Å². The monoisotopic (exact) mass is 390 g/mol. The minimum atomic E-state index is -0.240. The van der Waals surface area contributed by atoms with Gasteiger partial charge in [-0.05, 0) is 41.5 Å². The van der Waals surface area contributed by atoms with Gasteiger partial charge in [-0.15, -0.1) is 0 Å². The smallest absolute Gasteiger partial charge is 0.126 e. The first-order chi connectivity index (χ1) is 14.2. The number of morpholine rings is 1. The normalized spacial score (nSPS) is 17.8. The Kier molecular flexibility index (Phi) is 4.66. The van der Waals surface area contributed by atoms with Gasteiger partial charge in [0.05, 0.1) is 31.1 Å². The maximum Gasteiger partial charge on any atom is 0.126 e. The SMILES string of the molecule is Cn1cc(CN2CCOC[C@H]2c2ncc(-c3ccc(F)cc3)[nH]2)c2ccccc21. The van der Waals surface area contributed by atoms with E-state index >= 15 is 0 Å². The zero-order valence-electron chi connectivity index (χ0n) is 16.3. The van der Waals surface area contributed by atoms with Gasteiger partial charge < -0.3 is 14.3 Å². The lowest BCUT2D eigenvalue weighted by atomic mass is 10.1. The molecule has 0 amide bonds. The summed E-state index contributed by atoms with van der Waals surface area (Å²) in [5.41, 5.74) is 4.35. The molecule has 1 fully saturated rings. The maximum atomic E-state index is 13.2. The first-order valence-electron chi connectivity index (χ1n) is 9.84. The van der Waals surface area contributed by atoms with Crippen molar-refractivity contribution in [2.24, 2.45) is 7.05 Å². The topological polar surface area (TPSA) is 46.1 Å². The summed E-state index contributed by atoms with van der Waals surface area (Å²) in [5.74, 6) is 0.639. The van der Waals surface area contributed by atoms with Crippen molar-refractivity contribution in [3.05, 3.63) is 78.1 Å². The Morgan fingerprint density at radius 2 is 2.00 bits per heavy atom. The molecule has 0 bridgehead atoms. The second kappa shape index (κ2) is 7.46. The molecule has 2 aromatic carbocycles. The van der Waals surface area contributed by atoms with Crippen molar-refractivity contribution < 1.29 is 9.13 Å². The molecule has 0 radical (unpaired) electrons. The fraction of sp³-hybridized carbons (Fsp3) is 0.261. The number of H-pyrrole nitrogens is 1. The molecule has 0 saturated carbocycles. The highest BCUT2D eigenvalue weighted by molar-refractivity contribution is 5.83. The van der Waals surface area contributed by atoms with Gasteiger partial charge in [-0.25, -0.2) is 9.37 Å². The highest BCUT2D eigenvalue weighted by atomic mass is 19.1. The molecule has 6 heteroatoms. The molecule has 3 heterocycles. The van der Waals surface area contributed by atoms with Gasteiger partial charge in [-0.2, -0.15) is 0 Å². The van der Waals surface area contributed by atoms with Crippen LogP contribution < -0.4 is 0 Å². The summed E-state index contributed by atoms with van der Waals surface area (Å²) in [6.07, 6.45) is 4.02. The van der Waals surface area contributed by atoms with Crippen LogP contribution in [0.25, 0.3) is 22.2 Å². The molecule has 5 nitrogen and oxygen atoms in total. The molecule has 0 aliphatic carbocycles. The molecule has 148 valence electrons. The summed E-state index contributed by atoms with van der Waals surface area (Å²) in [6.45, 7) is 3.00. The van der Waals surface area contributed by atoms with Crippen molar-refractivity contribution in [2.75, 3.05) is 19.8 Å². The molecule has 1 aliphatic rings. The summed E-state index contributed by atoms with van der Waals surface area (Å²) in [5, 5.41) is 1.28. The molecule has 1 N–H and O–H groups in total. The minimum absolute atomic E-state index is 0.0527. The van der Waals surface area contributed by atoms with E-state index in [0.717, 1.165) is 30.2 Å². The number of aromatic nitrogens is 3. The van der Waals surface area contributed by atoms with E-state index in [-0.39, 0.29) is 11.9 Å². The minimum Gasteiger partial charge on any atom is -0.378 e. The first kappa shape index (κ1) is 18.1. The van der Waals surface area contributed by atoms with E-state index in [2.05, 4.69) is 56.9 Å². The molecule has 1 aliphatic heterocycles. The molecule has 0 spiro atoms. The zero-order chi connectivity index (χ0) is 19.8. The van der Waals surface area contributed by atoms with Crippen molar-refractivity contribution in [2.45, 2.75) is 12.6 Å². The predicted octanol–water partition coefficient (Wildman–Crippen LogP) is 4.28. The number of fused-ring (bicyclic) bond motifs is 1. The van der Waals surface area contributed by atoms with Crippen LogP contribution in [0.1, 0.15) is 17.4 Å². The van der Waals surface area contributed by atoms with Crippen molar-refractivity contribution in [3.8, 4) is 11.3 Å². The average Bonchev–Trinajstić information content (AvgIpc) is 3.35. The van der Waals surface area contributed by atoms with Crippen LogP contribution in [0, 0.1) is 5.82 Å². The summed E-state index contributed by atoms with van der Waals surface area (Å²) in [4.78, 5) is 10.5. The van der Waals surface area contributed by atoms with Gasteiger partial charge >= 0.3 is 0 Å². The number of rotatable bonds is 4. The Balaban J connectivity index is 1.42. The van der Waals surface area contributed by atoms with Gasteiger partial charge in [0.15, 0.2) is 0 Å². The number of ether oxygens (including phenoxy) is 1.